The number of nitrogens with two attached hydrogens (primary N) is 1. The maximum atomic E-state index is 13.5. The number of hydrogen-bond donors (Lipinski definition) is 1. The Morgan fingerprint density at radius 3 is 2.50 bits per heavy atom. The Labute approximate surface area is 119 Å². The minimum absolute atomic E-state index is 0.0144. The van der Waals surface area contributed by atoms with Crippen molar-refractivity contribution < 1.29 is 18.3 Å². The van der Waals surface area contributed by atoms with Gasteiger partial charge in [-0.25, -0.2) is 8.78 Å². The summed E-state index contributed by atoms with van der Waals surface area (Å²) in [4.78, 5) is 0. The zero-order valence-corrected chi connectivity index (χ0v) is 11.4. The van der Waals surface area contributed by atoms with Crippen LogP contribution in [0, 0.1) is 11.6 Å². The summed E-state index contributed by atoms with van der Waals surface area (Å²) in [6.07, 6.45) is 0. The van der Waals surface area contributed by atoms with Gasteiger partial charge < -0.3 is 15.2 Å². The molecule has 0 aliphatic rings. The van der Waals surface area contributed by atoms with E-state index in [1.807, 2.05) is 0 Å². The third kappa shape index (κ3) is 3.11. The first-order valence-corrected chi connectivity index (χ1v) is 6.23. The van der Waals surface area contributed by atoms with E-state index in [9.17, 15) is 8.78 Å². The average Bonchev–Trinajstić information content (AvgIpc) is 2.39. The van der Waals surface area contributed by atoms with Gasteiger partial charge in [0.05, 0.1) is 17.3 Å². The summed E-state index contributed by atoms with van der Waals surface area (Å²) >= 11 is 5.58. The monoisotopic (exact) mass is 299 g/mol. The molecule has 0 bridgehead atoms. The Morgan fingerprint density at radius 1 is 1.10 bits per heavy atom. The van der Waals surface area contributed by atoms with Crippen LogP contribution in [-0.4, -0.2) is 6.61 Å². The molecule has 0 saturated carbocycles. The predicted molar refractivity (Wildman–Crippen MR) is 73.5 cm³/mol. The van der Waals surface area contributed by atoms with E-state index in [0.29, 0.717) is 6.61 Å². The molecule has 2 aromatic rings. The van der Waals surface area contributed by atoms with Gasteiger partial charge in [-0.3, -0.25) is 0 Å². The molecular weight excluding hydrogens is 288 g/mol. The SMILES string of the molecule is CCOc1cc(Oc2ccc(Cl)c(F)c2)c(N)cc1F. The lowest BCUT2D eigenvalue weighted by Crippen LogP contribution is -1.99. The molecule has 0 radical (unpaired) electrons. The predicted octanol–water partition coefficient (Wildman–Crippen LogP) is 4.39. The summed E-state index contributed by atoms with van der Waals surface area (Å²) in [5.74, 6) is -0.802. The van der Waals surface area contributed by atoms with Crippen LogP contribution in [-0.2, 0) is 0 Å². The van der Waals surface area contributed by atoms with Crippen LogP contribution in [0.15, 0.2) is 30.3 Å². The Kier molecular flexibility index (Phi) is 4.29. The molecular formula is C14H12ClF2NO2. The molecule has 2 aromatic carbocycles. The number of hydrogen-bond acceptors (Lipinski definition) is 3. The quantitative estimate of drug-likeness (QED) is 0.851. The number of anilines is 1. The van der Waals surface area contributed by atoms with Crippen molar-refractivity contribution in [3.8, 4) is 17.2 Å². The van der Waals surface area contributed by atoms with Gasteiger partial charge in [0.25, 0.3) is 0 Å². The largest absolute Gasteiger partial charge is 0.491 e. The van der Waals surface area contributed by atoms with Gasteiger partial charge in [-0.1, -0.05) is 11.6 Å². The van der Waals surface area contributed by atoms with Crippen molar-refractivity contribution in [3.05, 3.63) is 47.0 Å². The third-order valence-electron chi connectivity index (χ3n) is 2.48. The number of nitrogen functional groups attached to an aromatic ring is 1. The van der Waals surface area contributed by atoms with Crippen LogP contribution in [0.3, 0.4) is 0 Å². The number of benzene rings is 2. The van der Waals surface area contributed by atoms with E-state index in [1.165, 1.54) is 18.2 Å². The fourth-order valence-electron chi connectivity index (χ4n) is 1.57. The molecule has 6 heteroatoms. The molecule has 2 N–H and O–H groups in total. The van der Waals surface area contributed by atoms with E-state index in [2.05, 4.69) is 0 Å². The number of ether oxygens (including phenoxy) is 2. The zero-order chi connectivity index (χ0) is 14.7. The van der Waals surface area contributed by atoms with E-state index >= 15 is 0 Å². The van der Waals surface area contributed by atoms with Crippen molar-refractivity contribution >= 4 is 17.3 Å². The Morgan fingerprint density at radius 2 is 1.85 bits per heavy atom. The van der Waals surface area contributed by atoms with Crippen LogP contribution in [0.1, 0.15) is 6.92 Å². The second-order valence-corrected chi connectivity index (χ2v) is 4.34. The highest BCUT2D eigenvalue weighted by Crippen LogP contribution is 2.34. The van der Waals surface area contributed by atoms with E-state index < -0.39 is 11.6 Å². The number of rotatable bonds is 4. The molecule has 0 heterocycles. The molecule has 0 spiro atoms. The fraction of sp³-hybridized carbons (Fsp3) is 0.143. The lowest BCUT2D eigenvalue weighted by Gasteiger charge is -2.12. The second-order valence-electron chi connectivity index (χ2n) is 3.93. The maximum Gasteiger partial charge on any atom is 0.167 e. The molecule has 0 aliphatic heterocycles. The van der Waals surface area contributed by atoms with Crippen molar-refractivity contribution in [2.24, 2.45) is 0 Å². The van der Waals surface area contributed by atoms with E-state index in [1.54, 1.807) is 6.92 Å². The smallest absolute Gasteiger partial charge is 0.167 e. The van der Waals surface area contributed by atoms with Gasteiger partial charge in [0.2, 0.25) is 0 Å². The van der Waals surface area contributed by atoms with E-state index in [-0.39, 0.29) is 28.0 Å². The molecule has 20 heavy (non-hydrogen) atoms. The Balaban J connectivity index is 2.32. The fourth-order valence-corrected chi connectivity index (χ4v) is 1.69. The highest BCUT2D eigenvalue weighted by Gasteiger charge is 2.11. The van der Waals surface area contributed by atoms with Crippen LogP contribution in [0.25, 0.3) is 0 Å². The molecule has 106 valence electrons. The summed E-state index contributed by atoms with van der Waals surface area (Å²) in [5, 5.41) is -0.0144. The summed E-state index contributed by atoms with van der Waals surface area (Å²) in [7, 11) is 0. The molecule has 0 aromatic heterocycles. The molecule has 0 unspecified atom stereocenters. The van der Waals surface area contributed by atoms with Crippen LogP contribution >= 0.6 is 11.6 Å². The molecule has 3 nitrogen and oxygen atoms in total. The van der Waals surface area contributed by atoms with E-state index in [0.717, 1.165) is 12.1 Å². The average molecular weight is 300 g/mol. The molecule has 0 saturated heterocycles. The number of halogens is 3. The lowest BCUT2D eigenvalue weighted by atomic mass is 10.2. The molecule has 0 amide bonds. The molecule has 0 atom stereocenters. The van der Waals surface area contributed by atoms with E-state index in [4.69, 9.17) is 26.8 Å². The van der Waals surface area contributed by atoms with Crippen LogP contribution in [0.5, 0.6) is 17.2 Å². The highest BCUT2D eigenvalue weighted by molar-refractivity contribution is 6.30. The van der Waals surface area contributed by atoms with Gasteiger partial charge in [0.1, 0.15) is 11.6 Å². The Hall–Kier alpha value is -2.01. The summed E-state index contributed by atoms with van der Waals surface area (Å²) in [6, 6.07) is 6.36. The lowest BCUT2D eigenvalue weighted by molar-refractivity contribution is 0.319. The molecule has 0 fully saturated rings. The second kappa shape index (κ2) is 5.96. The van der Waals surface area contributed by atoms with Gasteiger partial charge in [-0.15, -0.1) is 0 Å². The van der Waals surface area contributed by atoms with Crippen molar-refractivity contribution in [3.63, 3.8) is 0 Å². The van der Waals surface area contributed by atoms with Gasteiger partial charge >= 0.3 is 0 Å². The van der Waals surface area contributed by atoms with Gasteiger partial charge in [0, 0.05) is 18.2 Å². The van der Waals surface area contributed by atoms with Crippen LogP contribution < -0.4 is 15.2 Å². The van der Waals surface area contributed by atoms with Crippen LogP contribution in [0.2, 0.25) is 5.02 Å². The Bertz CT molecular complexity index is 635. The normalized spacial score (nSPS) is 10.4. The van der Waals surface area contributed by atoms with Gasteiger partial charge in [-0.05, 0) is 19.1 Å². The minimum atomic E-state index is -0.616. The van der Waals surface area contributed by atoms with Crippen LogP contribution in [0.4, 0.5) is 14.5 Å². The standard InChI is InChI=1S/C14H12ClF2NO2/c1-2-19-13-7-14(12(18)6-11(13)17)20-8-3-4-9(15)10(16)5-8/h3-7H,2,18H2,1H3. The van der Waals surface area contributed by atoms with Gasteiger partial charge in [0.15, 0.2) is 17.3 Å². The third-order valence-corrected chi connectivity index (χ3v) is 2.79. The first-order valence-electron chi connectivity index (χ1n) is 5.86. The first-order chi connectivity index (χ1) is 9.51. The molecule has 2 rings (SSSR count). The van der Waals surface area contributed by atoms with Gasteiger partial charge in [-0.2, -0.15) is 0 Å². The zero-order valence-electron chi connectivity index (χ0n) is 10.6. The minimum Gasteiger partial charge on any atom is -0.491 e. The van der Waals surface area contributed by atoms with Crippen molar-refractivity contribution in [1.82, 2.24) is 0 Å². The highest BCUT2D eigenvalue weighted by atomic mass is 35.5. The van der Waals surface area contributed by atoms with Crippen molar-refractivity contribution in [2.45, 2.75) is 6.92 Å². The topological polar surface area (TPSA) is 44.5 Å². The summed E-state index contributed by atoms with van der Waals surface area (Å²) in [5.41, 5.74) is 5.75. The van der Waals surface area contributed by atoms with Crippen molar-refractivity contribution in [1.29, 1.82) is 0 Å². The molecule has 0 aliphatic carbocycles. The summed E-state index contributed by atoms with van der Waals surface area (Å²) < 4.78 is 37.4. The first kappa shape index (κ1) is 14.4. The maximum absolute atomic E-state index is 13.5. The summed E-state index contributed by atoms with van der Waals surface area (Å²) in [6.45, 7) is 2.03. The van der Waals surface area contributed by atoms with Crippen molar-refractivity contribution in [2.75, 3.05) is 12.3 Å².